The zero-order valence-corrected chi connectivity index (χ0v) is 20.0. The van der Waals surface area contributed by atoms with Crippen LogP contribution in [0.5, 0.6) is 0 Å². The minimum atomic E-state index is -0.0748. The predicted molar refractivity (Wildman–Crippen MR) is 128 cm³/mol. The van der Waals surface area contributed by atoms with E-state index in [0.29, 0.717) is 18.0 Å². The van der Waals surface area contributed by atoms with Crippen molar-refractivity contribution >= 4 is 41.8 Å². The molecule has 1 unspecified atom stereocenters. The lowest BCUT2D eigenvalue weighted by Crippen LogP contribution is -2.42. The largest absolute Gasteiger partial charge is 0.356 e. The van der Waals surface area contributed by atoms with Crippen LogP contribution in [0.1, 0.15) is 48.5 Å². The number of hydrogen-bond acceptors (Lipinski definition) is 3. The van der Waals surface area contributed by atoms with Crippen molar-refractivity contribution < 1.29 is 9.59 Å². The maximum Gasteiger partial charge on any atom is 0.251 e. The SMILES string of the molecule is CCC(CCNC(=NC)NCCc1cccc(C(=O)NC)c1)N1CCCC1=O.I. The summed E-state index contributed by atoms with van der Waals surface area (Å²) in [6.07, 6.45) is 4.35. The van der Waals surface area contributed by atoms with Crippen molar-refractivity contribution in [3.63, 3.8) is 0 Å². The van der Waals surface area contributed by atoms with Gasteiger partial charge in [-0.3, -0.25) is 14.6 Å². The molecule has 0 saturated carbocycles. The lowest BCUT2D eigenvalue weighted by atomic mass is 10.1. The lowest BCUT2D eigenvalue weighted by Gasteiger charge is -2.27. The fraction of sp³-hybridized carbons (Fsp3) is 0.571. The van der Waals surface area contributed by atoms with E-state index < -0.39 is 0 Å². The van der Waals surface area contributed by atoms with Gasteiger partial charge in [-0.1, -0.05) is 19.1 Å². The van der Waals surface area contributed by atoms with E-state index in [0.717, 1.165) is 56.8 Å². The topological polar surface area (TPSA) is 85.8 Å². The van der Waals surface area contributed by atoms with Crippen LogP contribution in [0, 0.1) is 0 Å². The second-order valence-corrected chi connectivity index (χ2v) is 7.00. The highest BCUT2D eigenvalue weighted by atomic mass is 127. The van der Waals surface area contributed by atoms with E-state index in [4.69, 9.17) is 0 Å². The number of likely N-dealkylation sites (tertiary alicyclic amines) is 1. The number of benzene rings is 1. The molecule has 3 N–H and O–H groups in total. The van der Waals surface area contributed by atoms with E-state index in [1.165, 1.54) is 0 Å². The van der Waals surface area contributed by atoms with E-state index in [9.17, 15) is 9.59 Å². The van der Waals surface area contributed by atoms with Gasteiger partial charge in [0.2, 0.25) is 5.91 Å². The van der Waals surface area contributed by atoms with Gasteiger partial charge in [0.25, 0.3) is 5.91 Å². The van der Waals surface area contributed by atoms with Crippen LogP contribution in [0.3, 0.4) is 0 Å². The van der Waals surface area contributed by atoms with Gasteiger partial charge < -0.3 is 20.9 Å². The van der Waals surface area contributed by atoms with Gasteiger partial charge >= 0.3 is 0 Å². The Morgan fingerprint density at radius 3 is 2.66 bits per heavy atom. The summed E-state index contributed by atoms with van der Waals surface area (Å²) in [7, 11) is 3.39. The van der Waals surface area contributed by atoms with Crippen LogP contribution in [0.15, 0.2) is 29.3 Å². The van der Waals surface area contributed by atoms with Crippen LogP contribution in [0.2, 0.25) is 0 Å². The predicted octanol–water partition coefficient (Wildman–Crippen LogP) is 2.16. The van der Waals surface area contributed by atoms with Gasteiger partial charge in [0.1, 0.15) is 0 Å². The van der Waals surface area contributed by atoms with Crippen molar-refractivity contribution in [3.8, 4) is 0 Å². The first kappa shape index (κ1) is 25.2. The second kappa shape index (κ2) is 13.4. The van der Waals surface area contributed by atoms with Gasteiger partial charge in [-0.2, -0.15) is 0 Å². The molecule has 1 atom stereocenters. The molecule has 0 aromatic heterocycles. The molecule has 1 aromatic rings. The number of guanidine groups is 1. The third-order valence-electron chi connectivity index (χ3n) is 5.14. The van der Waals surface area contributed by atoms with Crippen molar-refractivity contribution in [2.24, 2.45) is 4.99 Å². The van der Waals surface area contributed by atoms with Crippen LogP contribution in [-0.4, -0.2) is 62.4 Å². The van der Waals surface area contributed by atoms with Crippen molar-refractivity contribution in [1.82, 2.24) is 20.9 Å². The Morgan fingerprint density at radius 1 is 1.28 bits per heavy atom. The molecule has 0 spiro atoms. The second-order valence-electron chi connectivity index (χ2n) is 7.00. The zero-order valence-electron chi connectivity index (χ0n) is 17.7. The average molecular weight is 515 g/mol. The third kappa shape index (κ3) is 7.83. The number of nitrogens with one attached hydrogen (secondary N) is 3. The molecule has 162 valence electrons. The minimum absolute atomic E-state index is 0. The summed E-state index contributed by atoms with van der Waals surface area (Å²) in [5.41, 5.74) is 1.77. The van der Waals surface area contributed by atoms with Gasteiger partial charge in [-0.25, -0.2) is 0 Å². The van der Waals surface area contributed by atoms with E-state index in [2.05, 4.69) is 27.9 Å². The monoisotopic (exact) mass is 515 g/mol. The summed E-state index contributed by atoms with van der Waals surface area (Å²) < 4.78 is 0. The molecule has 0 radical (unpaired) electrons. The fourth-order valence-corrected chi connectivity index (χ4v) is 3.55. The molecule has 1 heterocycles. The molecule has 8 heteroatoms. The number of halogens is 1. The molecule has 1 saturated heterocycles. The van der Waals surface area contributed by atoms with Crippen LogP contribution in [0.25, 0.3) is 0 Å². The standard InChI is InChI=1S/C21H33N5O2.HI/c1-4-18(26-14-6-9-19(26)27)11-13-25-21(23-3)24-12-10-16-7-5-8-17(15-16)20(28)22-2;/h5,7-8,15,18H,4,6,9-14H2,1-3H3,(H,22,28)(H2,23,24,25);1H. The van der Waals surface area contributed by atoms with Crippen LogP contribution >= 0.6 is 24.0 Å². The number of rotatable bonds is 9. The molecular weight excluding hydrogens is 481 g/mol. The Bertz CT molecular complexity index is 695. The molecule has 2 rings (SSSR count). The molecular formula is C21H34IN5O2. The van der Waals surface area contributed by atoms with Gasteiger partial charge in [-0.15, -0.1) is 24.0 Å². The molecule has 1 aliphatic heterocycles. The summed E-state index contributed by atoms with van der Waals surface area (Å²) in [5, 5.41) is 9.29. The minimum Gasteiger partial charge on any atom is -0.356 e. The first-order valence-electron chi connectivity index (χ1n) is 10.1. The maximum atomic E-state index is 11.9. The highest BCUT2D eigenvalue weighted by molar-refractivity contribution is 14.0. The summed E-state index contributed by atoms with van der Waals surface area (Å²) in [5.74, 6) is 0.965. The van der Waals surface area contributed by atoms with Crippen molar-refractivity contribution in [3.05, 3.63) is 35.4 Å². The number of hydrogen-bond donors (Lipinski definition) is 3. The Hall–Kier alpha value is -1.84. The van der Waals surface area contributed by atoms with Crippen LogP contribution in [0.4, 0.5) is 0 Å². The molecule has 0 aliphatic carbocycles. The van der Waals surface area contributed by atoms with Gasteiger partial charge in [0, 0.05) is 51.8 Å². The molecule has 7 nitrogen and oxygen atoms in total. The first-order chi connectivity index (χ1) is 13.6. The zero-order chi connectivity index (χ0) is 20.4. The quantitative estimate of drug-likeness (QED) is 0.268. The molecule has 29 heavy (non-hydrogen) atoms. The summed E-state index contributed by atoms with van der Waals surface area (Å²) in [6.45, 7) is 4.52. The summed E-state index contributed by atoms with van der Waals surface area (Å²) in [6, 6.07) is 7.94. The molecule has 1 aliphatic rings. The molecule has 0 bridgehead atoms. The van der Waals surface area contributed by atoms with E-state index in [-0.39, 0.29) is 35.8 Å². The number of carbonyl (C=O) groups is 2. The van der Waals surface area contributed by atoms with Crippen molar-refractivity contribution in [2.75, 3.05) is 33.7 Å². The number of aliphatic imine (C=N–C) groups is 1. The lowest BCUT2D eigenvalue weighted by molar-refractivity contribution is -0.129. The van der Waals surface area contributed by atoms with Crippen LogP contribution < -0.4 is 16.0 Å². The van der Waals surface area contributed by atoms with Crippen molar-refractivity contribution in [2.45, 2.75) is 45.1 Å². The average Bonchev–Trinajstić information content (AvgIpc) is 3.15. The van der Waals surface area contributed by atoms with E-state index in [1.54, 1.807) is 14.1 Å². The van der Waals surface area contributed by atoms with Crippen LogP contribution in [-0.2, 0) is 11.2 Å². The molecule has 1 fully saturated rings. The Balaban J connectivity index is 0.00000420. The molecule has 1 aromatic carbocycles. The smallest absolute Gasteiger partial charge is 0.251 e. The number of nitrogens with zero attached hydrogens (tertiary/aromatic N) is 2. The van der Waals surface area contributed by atoms with Gasteiger partial charge in [-0.05, 0) is 43.4 Å². The van der Waals surface area contributed by atoms with E-state index >= 15 is 0 Å². The number of carbonyl (C=O) groups excluding carboxylic acids is 2. The van der Waals surface area contributed by atoms with Crippen molar-refractivity contribution in [1.29, 1.82) is 0 Å². The summed E-state index contributed by atoms with van der Waals surface area (Å²) >= 11 is 0. The normalized spacial score (nSPS) is 14.9. The molecule has 2 amide bonds. The van der Waals surface area contributed by atoms with E-state index in [1.807, 2.05) is 29.2 Å². The fourth-order valence-electron chi connectivity index (χ4n) is 3.55. The Morgan fingerprint density at radius 2 is 2.03 bits per heavy atom. The maximum absolute atomic E-state index is 11.9. The first-order valence-corrected chi connectivity index (χ1v) is 10.1. The highest BCUT2D eigenvalue weighted by Gasteiger charge is 2.26. The third-order valence-corrected chi connectivity index (χ3v) is 5.14. The highest BCUT2D eigenvalue weighted by Crippen LogP contribution is 2.17. The Kier molecular flexibility index (Phi) is 11.6. The van der Waals surface area contributed by atoms with Gasteiger partial charge in [0.15, 0.2) is 5.96 Å². The Labute approximate surface area is 191 Å². The summed E-state index contributed by atoms with van der Waals surface area (Å²) in [4.78, 5) is 29.9. The van der Waals surface area contributed by atoms with Gasteiger partial charge in [0.05, 0.1) is 0 Å². The number of amides is 2.